The molecule has 4 nitrogen and oxygen atoms in total. The molecule has 1 aliphatic heterocycles. The Morgan fingerprint density at radius 1 is 1.24 bits per heavy atom. The van der Waals surface area contributed by atoms with Crippen molar-refractivity contribution in [3.63, 3.8) is 0 Å². The Bertz CT molecular complexity index is 662. The Morgan fingerprint density at radius 3 is 3.05 bits per heavy atom. The molecule has 2 heterocycles. The van der Waals surface area contributed by atoms with Gasteiger partial charge in [-0.15, -0.1) is 0 Å². The standard InChI is InChI=1S/C17H20N2O2/c20-17(13-11-18-14-6-2-1-5-12(13)14)19-9-10-21-16-8-4-3-7-15(16)19/h1-2,5-6,11,15-16,18H,3-4,7-10H2. The van der Waals surface area contributed by atoms with E-state index in [0.29, 0.717) is 13.2 Å². The van der Waals surface area contributed by atoms with Gasteiger partial charge in [0.05, 0.1) is 24.3 Å². The van der Waals surface area contributed by atoms with E-state index in [1.165, 1.54) is 12.8 Å². The molecule has 1 saturated carbocycles. The van der Waals surface area contributed by atoms with Crippen molar-refractivity contribution in [1.82, 2.24) is 9.88 Å². The van der Waals surface area contributed by atoms with Crippen molar-refractivity contribution >= 4 is 16.8 Å². The Kier molecular flexibility index (Phi) is 3.19. The number of rotatable bonds is 1. The van der Waals surface area contributed by atoms with E-state index in [1.54, 1.807) is 0 Å². The Balaban J connectivity index is 1.67. The molecular formula is C17H20N2O2. The second-order valence-electron chi connectivity index (χ2n) is 6.01. The topological polar surface area (TPSA) is 45.3 Å². The molecule has 1 amide bonds. The number of fused-ring (bicyclic) bond motifs is 2. The number of hydrogen-bond donors (Lipinski definition) is 1. The monoisotopic (exact) mass is 284 g/mol. The van der Waals surface area contributed by atoms with Gasteiger partial charge in [-0.1, -0.05) is 31.0 Å². The molecule has 0 spiro atoms. The highest BCUT2D eigenvalue weighted by atomic mass is 16.5. The van der Waals surface area contributed by atoms with E-state index in [9.17, 15) is 4.79 Å². The molecule has 0 bridgehead atoms. The number of benzene rings is 1. The molecular weight excluding hydrogens is 264 g/mol. The number of ether oxygens (including phenoxy) is 1. The molecule has 2 atom stereocenters. The van der Waals surface area contributed by atoms with Gasteiger partial charge in [0.1, 0.15) is 0 Å². The summed E-state index contributed by atoms with van der Waals surface area (Å²) in [5, 5.41) is 1.02. The first kappa shape index (κ1) is 12.9. The van der Waals surface area contributed by atoms with Crippen molar-refractivity contribution in [3.8, 4) is 0 Å². The van der Waals surface area contributed by atoms with Crippen LogP contribution in [0.4, 0.5) is 0 Å². The maximum absolute atomic E-state index is 13.0. The van der Waals surface area contributed by atoms with Gasteiger partial charge in [0.15, 0.2) is 0 Å². The number of carbonyl (C=O) groups is 1. The smallest absolute Gasteiger partial charge is 0.256 e. The van der Waals surface area contributed by atoms with E-state index >= 15 is 0 Å². The summed E-state index contributed by atoms with van der Waals surface area (Å²) in [7, 11) is 0. The first-order chi connectivity index (χ1) is 10.3. The average molecular weight is 284 g/mol. The fourth-order valence-electron chi connectivity index (χ4n) is 3.75. The maximum atomic E-state index is 13.0. The summed E-state index contributed by atoms with van der Waals surface area (Å²) >= 11 is 0. The average Bonchev–Trinajstić information content (AvgIpc) is 2.98. The van der Waals surface area contributed by atoms with Crippen LogP contribution in [-0.2, 0) is 4.74 Å². The number of nitrogens with zero attached hydrogens (tertiary/aromatic N) is 1. The molecule has 2 aromatic rings. The van der Waals surface area contributed by atoms with Gasteiger partial charge in [-0.25, -0.2) is 0 Å². The number of aromatic nitrogens is 1. The number of amides is 1. The number of H-pyrrole nitrogens is 1. The van der Waals surface area contributed by atoms with Gasteiger partial charge in [0.2, 0.25) is 0 Å². The zero-order valence-corrected chi connectivity index (χ0v) is 12.0. The van der Waals surface area contributed by atoms with Crippen LogP contribution in [-0.4, -0.2) is 41.1 Å². The molecule has 4 heteroatoms. The SMILES string of the molecule is O=C(c1c[nH]c2ccccc12)N1CCOC2CCCCC21. The number of carbonyl (C=O) groups excluding carboxylic acids is 1. The number of para-hydroxylation sites is 1. The largest absolute Gasteiger partial charge is 0.374 e. The number of aromatic amines is 1. The third-order valence-corrected chi connectivity index (χ3v) is 4.81. The van der Waals surface area contributed by atoms with Crippen molar-refractivity contribution in [2.24, 2.45) is 0 Å². The minimum Gasteiger partial charge on any atom is -0.374 e. The number of nitrogens with one attached hydrogen (secondary N) is 1. The summed E-state index contributed by atoms with van der Waals surface area (Å²) in [5.41, 5.74) is 1.81. The van der Waals surface area contributed by atoms with E-state index in [4.69, 9.17) is 4.74 Å². The second-order valence-corrected chi connectivity index (χ2v) is 6.01. The molecule has 110 valence electrons. The van der Waals surface area contributed by atoms with Crippen molar-refractivity contribution < 1.29 is 9.53 Å². The molecule has 4 rings (SSSR count). The van der Waals surface area contributed by atoms with Crippen molar-refractivity contribution in [2.75, 3.05) is 13.2 Å². The van der Waals surface area contributed by atoms with Crippen LogP contribution in [0.2, 0.25) is 0 Å². The van der Waals surface area contributed by atoms with Gasteiger partial charge >= 0.3 is 0 Å². The molecule has 1 aromatic carbocycles. The van der Waals surface area contributed by atoms with Gasteiger partial charge in [0, 0.05) is 23.6 Å². The van der Waals surface area contributed by atoms with Crippen LogP contribution in [0.15, 0.2) is 30.5 Å². The van der Waals surface area contributed by atoms with E-state index in [0.717, 1.165) is 29.3 Å². The van der Waals surface area contributed by atoms with Crippen molar-refractivity contribution in [1.29, 1.82) is 0 Å². The highest BCUT2D eigenvalue weighted by Crippen LogP contribution is 2.30. The van der Waals surface area contributed by atoms with Crippen LogP contribution in [0.1, 0.15) is 36.0 Å². The van der Waals surface area contributed by atoms with Gasteiger partial charge in [-0.2, -0.15) is 0 Å². The highest BCUT2D eigenvalue weighted by molar-refractivity contribution is 6.06. The van der Waals surface area contributed by atoms with Crippen LogP contribution < -0.4 is 0 Å². The first-order valence-corrected chi connectivity index (χ1v) is 7.83. The molecule has 21 heavy (non-hydrogen) atoms. The van der Waals surface area contributed by atoms with Crippen molar-refractivity contribution in [3.05, 3.63) is 36.0 Å². The third kappa shape index (κ3) is 2.14. The van der Waals surface area contributed by atoms with Crippen LogP contribution in [0, 0.1) is 0 Å². The van der Waals surface area contributed by atoms with Crippen LogP contribution in [0.5, 0.6) is 0 Å². The third-order valence-electron chi connectivity index (χ3n) is 4.81. The zero-order chi connectivity index (χ0) is 14.2. The Morgan fingerprint density at radius 2 is 2.10 bits per heavy atom. The fourth-order valence-corrected chi connectivity index (χ4v) is 3.75. The lowest BCUT2D eigenvalue weighted by Crippen LogP contribution is -2.54. The summed E-state index contributed by atoms with van der Waals surface area (Å²) in [6.45, 7) is 1.37. The van der Waals surface area contributed by atoms with E-state index in [1.807, 2.05) is 35.4 Å². The van der Waals surface area contributed by atoms with Gasteiger partial charge in [-0.05, 0) is 18.9 Å². The van der Waals surface area contributed by atoms with E-state index in [-0.39, 0.29) is 18.1 Å². The molecule has 2 unspecified atom stereocenters. The number of morpholine rings is 1. The van der Waals surface area contributed by atoms with Crippen LogP contribution in [0.3, 0.4) is 0 Å². The summed E-state index contributed by atoms with van der Waals surface area (Å²) in [4.78, 5) is 18.2. The lowest BCUT2D eigenvalue weighted by Gasteiger charge is -2.43. The van der Waals surface area contributed by atoms with E-state index < -0.39 is 0 Å². The summed E-state index contributed by atoms with van der Waals surface area (Å²) in [5.74, 6) is 0.146. The molecule has 1 aliphatic carbocycles. The van der Waals surface area contributed by atoms with E-state index in [2.05, 4.69) is 4.98 Å². The Hall–Kier alpha value is -1.81. The predicted molar refractivity (Wildman–Crippen MR) is 81.3 cm³/mol. The molecule has 1 saturated heterocycles. The second kappa shape index (κ2) is 5.19. The summed E-state index contributed by atoms with van der Waals surface area (Å²) in [6, 6.07) is 8.25. The molecule has 1 aromatic heterocycles. The normalized spacial score (nSPS) is 25.8. The lowest BCUT2D eigenvalue weighted by atomic mass is 9.89. The van der Waals surface area contributed by atoms with Crippen molar-refractivity contribution in [2.45, 2.75) is 37.8 Å². The number of hydrogen-bond acceptors (Lipinski definition) is 2. The summed E-state index contributed by atoms with van der Waals surface area (Å²) in [6.07, 6.45) is 6.65. The van der Waals surface area contributed by atoms with Gasteiger partial charge in [0.25, 0.3) is 5.91 Å². The fraction of sp³-hybridized carbons (Fsp3) is 0.471. The maximum Gasteiger partial charge on any atom is 0.256 e. The first-order valence-electron chi connectivity index (χ1n) is 7.83. The van der Waals surface area contributed by atoms with Gasteiger partial charge in [-0.3, -0.25) is 4.79 Å². The lowest BCUT2D eigenvalue weighted by molar-refractivity contribution is -0.0752. The molecule has 0 radical (unpaired) electrons. The van der Waals surface area contributed by atoms with Crippen LogP contribution >= 0.6 is 0 Å². The molecule has 2 aliphatic rings. The summed E-state index contributed by atoms with van der Waals surface area (Å²) < 4.78 is 5.87. The quantitative estimate of drug-likeness (QED) is 0.875. The minimum absolute atomic E-state index is 0.146. The van der Waals surface area contributed by atoms with Gasteiger partial charge < -0.3 is 14.6 Å². The predicted octanol–water partition coefficient (Wildman–Crippen LogP) is 2.95. The highest BCUT2D eigenvalue weighted by Gasteiger charge is 2.37. The molecule has 2 fully saturated rings. The Labute approximate surface area is 124 Å². The van der Waals surface area contributed by atoms with Crippen LogP contribution in [0.25, 0.3) is 10.9 Å². The minimum atomic E-state index is 0.146. The molecule has 1 N–H and O–H groups in total. The zero-order valence-electron chi connectivity index (χ0n) is 12.0.